The number of benzene rings is 1. The van der Waals surface area contributed by atoms with Crippen LogP contribution in [-0.2, 0) is 12.7 Å². The zero-order chi connectivity index (χ0) is 23.6. The standard InChI is InChI=1S/C23H23ClF3N5O/c1-16-20(14-29-32(16)21-8-5-18(13-28-21)23(25,26)27)22(33)31-10-2-9-30(11-12-31)15-17-3-6-19(24)7-4-17/h3-8,13-14H,2,9-12,15H2,1H3. The Hall–Kier alpha value is -2.91. The molecule has 33 heavy (non-hydrogen) atoms. The molecule has 0 N–H and O–H groups in total. The fraction of sp³-hybridized carbons (Fsp3) is 0.348. The molecule has 0 bridgehead atoms. The number of alkyl halides is 3. The number of nitrogens with zero attached hydrogens (tertiary/aromatic N) is 5. The summed E-state index contributed by atoms with van der Waals surface area (Å²) in [6, 6.07) is 9.95. The van der Waals surface area contributed by atoms with Gasteiger partial charge in [0.1, 0.15) is 0 Å². The lowest BCUT2D eigenvalue weighted by Gasteiger charge is -2.22. The number of hydrogen-bond donors (Lipinski definition) is 0. The van der Waals surface area contributed by atoms with Crippen molar-refractivity contribution in [3.05, 3.63) is 76.2 Å². The number of rotatable bonds is 4. The van der Waals surface area contributed by atoms with Gasteiger partial charge in [0.15, 0.2) is 5.82 Å². The normalized spacial score (nSPS) is 15.5. The summed E-state index contributed by atoms with van der Waals surface area (Å²) in [4.78, 5) is 21.2. The molecule has 0 atom stereocenters. The largest absolute Gasteiger partial charge is 0.417 e. The van der Waals surface area contributed by atoms with Crippen molar-refractivity contribution >= 4 is 17.5 Å². The van der Waals surface area contributed by atoms with Crippen molar-refractivity contribution in [1.82, 2.24) is 24.6 Å². The zero-order valence-corrected chi connectivity index (χ0v) is 18.8. The average molecular weight is 478 g/mol. The minimum absolute atomic E-state index is 0.140. The van der Waals surface area contributed by atoms with Gasteiger partial charge in [0, 0.05) is 43.9 Å². The summed E-state index contributed by atoms with van der Waals surface area (Å²) in [5.41, 5.74) is 1.29. The fourth-order valence-electron chi connectivity index (χ4n) is 3.88. The minimum atomic E-state index is -4.46. The highest BCUT2D eigenvalue weighted by Crippen LogP contribution is 2.29. The summed E-state index contributed by atoms with van der Waals surface area (Å²) in [6.45, 7) is 5.32. The third-order valence-electron chi connectivity index (χ3n) is 5.73. The van der Waals surface area contributed by atoms with Gasteiger partial charge in [0.25, 0.3) is 5.91 Å². The molecular formula is C23H23ClF3N5O. The second-order valence-electron chi connectivity index (χ2n) is 8.01. The van der Waals surface area contributed by atoms with Crippen molar-refractivity contribution < 1.29 is 18.0 Å². The number of amides is 1. The highest BCUT2D eigenvalue weighted by molar-refractivity contribution is 6.30. The number of aromatic nitrogens is 3. The second kappa shape index (κ2) is 9.52. The van der Waals surface area contributed by atoms with Gasteiger partial charge in [-0.15, -0.1) is 0 Å². The summed E-state index contributed by atoms with van der Waals surface area (Å²) < 4.78 is 39.8. The third kappa shape index (κ3) is 5.36. The Kier molecular flexibility index (Phi) is 6.71. The predicted molar refractivity (Wildman–Crippen MR) is 118 cm³/mol. The van der Waals surface area contributed by atoms with Gasteiger partial charge >= 0.3 is 6.18 Å². The smallest absolute Gasteiger partial charge is 0.337 e. The van der Waals surface area contributed by atoms with E-state index in [1.807, 2.05) is 24.3 Å². The van der Waals surface area contributed by atoms with Gasteiger partial charge < -0.3 is 4.90 Å². The van der Waals surface area contributed by atoms with E-state index < -0.39 is 11.7 Å². The second-order valence-corrected chi connectivity index (χ2v) is 8.44. The molecule has 1 aromatic carbocycles. The van der Waals surface area contributed by atoms with E-state index in [9.17, 15) is 18.0 Å². The Morgan fingerprint density at radius 1 is 1.03 bits per heavy atom. The maximum Gasteiger partial charge on any atom is 0.417 e. The molecule has 0 saturated carbocycles. The van der Waals surface area contributed by atoms with Crippen molar-refractivity contribution in [2.75, 3.05) is 26.2 Å². The lowest BCUT2D eigenvalue weighted by atomic mass is 10.2. The van der Waals surface area contributed by atoms with Crippen LogP contribution in [0.5, 0.6) is 0 Å². The number of hydrogen-bond acceptors (Lipinski definition) is 4. The topological polar surface area (TPSA) is 54.3 Å². The Morgan fingerprint density at radius 2 is 1.79 bits per heavy atom. The molecule has 0 unspecified atom stereocenters. The van der Waals surface area contributed by atoms with E-state index >= 15 is 0 Å². The van der Waals surface area contributed by atoms with Crippen LogP contribution >= 0.6 is 11.6 Å². The van der Waals surface area contributed by atoms with Crippen molar-refractivity contribution in [3.63, 3.8) is 0 Å². The highest BCUT2D eigenvalue weighted by Gasteiger charge is 2.31. The Balaban J connectivity index is 1.43. The van der Waals surface area contributed by atoms with E-state index in [0.29, 0.717) is 29.4 Å². The van der Waals surface area contributed by atoms with Crippen LogP contribution in [0.4, 0.5) is 13.2 Å². The molecule has 1 fully saturated rings. The first kappa shape index (κ1) is 23.3. The van der Waals surface area contributed by atoms with Crippen LogP contribution in [0.3, 0.4) is 0 Å². The van der Waals surface area contributed by atoms with E-state index in [1.54, 1.807) is 11.8 Å². The first-order valence-electron chi connectivity index (χ1n) is 10.6. The van der Waals surface area contributed by atoms with Gasteiger partial charge in [-0.25, -0.2) is 9.67 Å². The van der Waals surface area contributed by atoms with Gasteiger partial charge in [0.05, 0.1) is 23.0 Å². The molecule has 3 heterocycles. The molecule has 1 amide bonds. The lowest BCUT2D eigenvalue weighted by Crippen LogP contribution is -2.35. The molecule has 10 heteroatoms. The van der Waals surface area contributed by atoms with Gasteiger partial charge in [-0.3, -0.25) is 9.69 Å². The van der Waals surface area contributed by atoms with Gasteiger partial charge in [-0.05, 0) is 43.2 Å². The molecule has 0 spiro atoms. The molecule has 6 nitrogen and oxygen atoms in total. The summed E-state index contributed by atoms with van der Waals surface area (Å²) in [5.74, 6) is 0.0866. The zero-order valence-electron chi connectivity index (χ0n) is 18.0. The number of halogens is 4. The van der Waals surface area contributed by atoms with E-state index in [1.165, 1.54) is 22.5 Å². The van der Waals surface area contributed by atoms with Gasteiger partial charge in [-0.2, -0.15) is 18.3 Å². The summed E-state index contributed by atoms with van der Waals surface area (Å²) in [6.07, 6.45) is -1.40. The maximum absolute atomic E-state index is 13.2. The Morgan fingerprint density at radius 3 is 2.45 bits per heavy atom. The molecule has 2 aromatic heterocycles. The van der Waals surface area contributed by atoms with E-state index in [2.05, 4.69) is 15.0 Å². The van der Waals surface area contributed by atoms with Crippen LogP contribution in [0.15, 0.2) is 48.8 Å². The van der Waals surface area contributed by atoms with Gasteiger partial charge in [-0.1, -0.05) is 23.7 Å². The molecule has 1 saturated heterocycles. The number of pyridine rings is 1. The quantitative estimate of drug-likeness (QED) is 0.551. The Bertz CT molecular complexity index is 1110. The summed E-state index contributed by atoms with van der Waals surface area (Å²) >= 11 is 5.96. The molecule has 0 aliphatic carbocycles. The van der Waals surface area contributed by atoms with Crippen molar-refractivity contribution in [2.24, 2.45) is 0 Å². The van der Waals surface area contributed by atoms with Crippen LogP contribution in [0.2, 0.25) is 5.02 Å². The van der Waals surface area contributed by atoms with Crippen molar-refractivity contribution in [2.45, 2.75) is 26.1 Å². The SMILES string of the molecule is Cc1c(C(=O)N2CCCN(Cc3ccc(Cl)cc3)CC2)cnn1-c1ccc(C(F)(F)F)cn1. The molecule has 174 valence electrons. The molecule has 1 aliphatic heterocycles. The lowest BCUT2D eigenvalue weighted by molar-refractivity contribution is -0.137. The molecule has 3 aromatic rings. The molecule has 1 aliphatic rings. The van der Waals surface area contributed by atoms with Crippen molar-refractivity contribution in [1.29, 1.82) is 0 Å². The fourth-order valence-corrected chi connectivity index (χ4v) is 4.01. The van der Waals surface area contributed by atoms with Crippen LogP contribution in [-0.4, -0.2) is 56.7 Å². The molecule has 0 radical (unpaired) electrons. The van der Waals surface area contributed by atoms with Crippen LogP contribution in [0, 0.1) is 6.92 Å². The number of carbonyl (C=O) groups excluding carboxylic acids is 1. The van der Waals surface area contributed by atoms with E-state index in [4.69, 9.17) is 11.6 Å². The van der Waals surface area contributed by atoms with Crippen LogP contribution in [0.25, 0.3) is 5.82 Å². The summed E-state index contributed by atoms with van der Waals surface area (Å²) in [7, 11) is 0. The summed E-state index contributed by atoms with van der Waals surface area (Å²) in [5, 5.41) is 4.90. The average Bonchev–Trinajstić information content (AvgIpc) is 3.01. The van der Waals surface area contributed by atoms with E-state index in [-0.39, 0.29) is 11.7 Å². The third-order valence-corrected chi connectivity index (χ3v) is 5.98. The maximum atomic E-state index is 13.2. The minimum Gasteiger partial charge on any atom is -0.337 e. The van der Waals surface area contributed by atoms with Crippen LogP contribution in [0.1, 0.15) is 33.6 Å². The Labute approximate surface area is 194 Å². The van der Waals surface area contributed by atoms with Crippen molar-refractivity contribution in [3.8, 4) is 5.82 Å². The molecular weight excluding hydrogens is 455 g/mol. The van der Waals surface area contributed by atoms with Crippen LogP contribution < -0.4 is 0 Å². The first-order valence-corrected chi connectivity index (χ1v) is 10.9. The monoisotopic (exact) mass is 477 g/mol. The highest BCUT2D eigenvalue weighted by atomic mass is 35.5. The van der Waals surface area contributed by atoms with E-state index in [0.717, 1.165) is 38.3 Å². The van der Waals surface area contributed by atoms with Gasteiger partial charge in [0.2, 0.25) is 0 Å². The predicted octanol–water partition coefficient (Wildman–Crippen LogP) is 4.60. The first-order chi connectivity index (χ1) is 15.7. The molecule has 4 rings (SSSR count). The number of carbonyl (C=O) groups is 1.